The van der Waals surface area contributed by atoms with Gasteiger partial charge >= 0.3 is 10.4 Å². The third kappa shape index (κ3) is 10.3. The Balaban J connectivity index is 1.15. The number of fused-ring (bicyclic) bond motifs is 5. The maximum atomic E-state index is 12.1. The number of methoxy groups -OCH3 is 1. The first-order valence-electron chi connectivity index (χ1n) is 23.7. The Bertz CT molecular complexity index is 1740. The van der Waals surface area contributed by atoms with E-state index in [1.165, 1.54) is 19.6 Å². The number of allylic oxidation sites excluding steroid dienone is 2. The molecule has 7 aliphatic rings. The molecule has 0 unspecified atom stereocenters. The number of hydrogen-bond acceptors (Lipinski definition) is 18. The van der Waals surface area contributed by atoms with Crippen LogP contribution >= 0.6 is 0 Å². The van der Waals surface area contributed by atoms with E-state index in [2.05, 4.69) is 26.8 Å². The largest absolute Gasteiger partial charge is 0.397 e. The van der Waals surface area contributed by atoms with Crippen LogP contribution in [0.1, 0.15) is 99.3 Å². The first-order valence-corrected chi connectivity index (χ1v) is 25.0. The summed E-state index contributed by atoms with van der Waals surface area (Å²) < 4.78 is 80.8. The number of ether oxygens (including phenoxy) is 7. The molecule has 4 aliphatic carbocycles. The summed E-state index contributed by atoms with van der Waals surface area (Å²) in [5.74, 6) is 0.935. The fourth-order valence-corrected chi connectivity index (χ4v) is 13.6. The second kappa shape index (κ2) is 20.4. The Morgan fingerprint density at radius 3 is 2.15 bits per heavy atom. The van der Waals surface area contributed by atoms with Crippen LogP contribution < -0.4 is 0 Å². The molecule has 0 aromatic rings. The van der Waals surface area contributed by atoms with E-state index in [9.17, 15) is 53.8 Å². The van der Waals surface area contributed by atoms with Gasteiger partial charge in [0.05, 0.1) is 37.6 Å². The van der Waals surface area contributed by atoms with Gasteiger partial charge in [0.1, 0.15) is 61.0 Å². The molecule has 0 amide bonds. The zero-order chi connectivity index (χ0) is 47.5. The molecule has 0 aromatic carbocycles. The minimum Gasteiger partial charge on any atom is -0.394 e. The van der Waals surface area contributed by atoms with Crippen molar-refractivity contribution in [3.8, 4) is 0 Å². The van der Waals surface area contributed by atoms with Crippen LogP contribution in [-0.2, 0) is 47.7 Å². The minimum absolute atomic E-state index is 0.0426. The molecule has 0 spiro atoms. The number of rotatable bonds is 15. The lowest BCUT2D eigenvalue weighted by Crippen LogP contribution is -2.65. The van der Waals surface area contributed by atoms with Gasteiger partial charge in [-0.3, -0.25) is 4.55 Å². The molecule has 0 aromatic heterocycles. The highest BCUT2D eigenvalue weighted by Gasteiger charge is 2.62. The lowest BCUT2D eigenvalue weighted by atomic mass is 9.47. The van der Waals surface area contributed by atoms with Crippen molar-refractivity contribution < 1.29 is 91.2 Å². The summed E-state index contributed by atoms with van der Waals surface area (Å²) in [4.78, 5) is 0. The Labute approximate surface area is 382 Å². The zero-order valence-electron chi connectivity index (χ0n) is 38.7. The molecular formula is C45H76O19S. The summed E-state index contributed by atoms with van der Waals surface area (Å²) in [6.45, 7) is 11.3. The standard InChI is InChI=1S/C45H76O19S/c1-20(2)29(47)11-8-21(3)25-9-10-26-24-17-31(28-16-23(64-65(54,55)56)12-14-45(28,6)27(24)13-15-44(25,26)5)60-42-37(53)39(35(51)32(18-46)61-42)62-43-40(34(50)30(48)19-58-43)63-41-36(52)38(57-7)33(49)22(4)59-41/h13,20-26,28-43,46-53H,8-12,14-19H2,1-7H3,(H,54,55,56)/t21-,22-,23+,24+,25-,26+,28-,29+,30-,31+,32-,33-,34+,35-,36-,37-,38+,39+,40-,41+,42-,43+,44-,45-/m1/s1. The minimum atomic E-state index is -4.78. The predicted octanol–water partition coefficient (Wildman–Crippen LogP) is 0.951. The highest BCUT2D eigenvalue weighted by Crippen LogP contribution is 2.67. The van der Waals surface area contributed by atoms with Crippen molar-refractivity contribution >= 4 is 10.4 Å². The van der Waals surface area contributed by atoms with Crippen molar-refractivity contribution in [1.29, 1.82) is 0 Å². The van der Waals surface area contributed by atoms with Gasteiger partial charge in [-0.15, -0.1) is 0 Å². The molecule has 3 aliphatic heterocycles. The number of aliphatic hydroxyl groups excluding tert-OH is 8. The van der Waals surface area contributed by atoms with Gasteiger partial charge in [0, 0.05) is 7.11 Å². The van der Waals surface area contributed by atoms with E-state index in [4.69, 9.17) is 37.3 Å². The summed E-state index contributed by atoms with van der Waals surface area (Å²) in [7, 11) is -3.50. The summed E-state index contributed by atoms with van der Waals surface area (Å²) in [6, 6.07) is 0. The van der Waals surface area contributed by atoms with E-state index in [-0.39, 0.29) is 41.6 Å². The lowest BCUT2D eigenvalue weighted by Gasteiger charge is -2.59. The lowest BCUT2D eigenvalue weighted by molar-refractivity contribution is -0.381. The summed E-state index contributed by atoms with van der Waals surface area (Å²) in [5, 5.41) is 88.0. The van der Waals surface area contributed by atoms with Crippen LogP contribution in [0.2, 0.25) is 0 Å². The molecule has 19 nitrogen and oxygen atoms in total. The smallest absolute Gasteiger partial charge is 0.394 e. The van der Waals surface area contributed by atoms with Crippen LogP contribution in [-0.4, -0.2) is 178 Å². The van der Waals surface area contributed by atoms with Crippen molar-refractivity contribution in [2.75, 3.05) is 20.3 Å². The summed E-state index contributed by atoms with van der Waals surface area (Å²) >= 11 is 0. The van der Waals surface area contributed by atoms with E-state index in [1.54, 1.807) is 0 Å². The Kier molecular flexibility index (Phi) is 16.3. The Morgan fingerprint density at radius 2 is 1.49 bits per heavy atom. The van der Waals surface area contributed by atoms with E-state index in [1.807, 2.05) is 13.8 Å². The highest BCUT2D eigenvalue weighted by molar-refractivity contribution is 7.80. The third-order valence-corrected chi connectivity index (χ3v) is 17.4. The van der Waals surface area contributed by atoms with Crippen LogP contribution in [0.3, 0.4) is 0 Å². The van der Waals surface area contributed by atoms with Gasteiger partial charge in [0.15, 0.2) is 18.9 Å². The Morgan fingerprint density at radius 1 is 0.815 bits per heavy atom. The molecule has 6 fully saturated rings. The van der Waals surface area contributed by atoms with Crippen molar-refractivity contribution in [3.05, 3.63) is 11.6 Å². The second-order valence-electron chi connectivity index (χ2n) is 21.0. The van der Waals surface area contributed by atoms with Gasteiger partial charge in [-0.1, -0.05) is 46.3 Å². The van der Waals surface area contributed by atoms with Crippen LogP contribution in [0.15, 0.2) is 11.6 Å². The van der Waals surface area contributed by atoms with Crippen molar-refractivity contribution in [3.63, 3.8) is 0 Å². The number of aliphatic hydroxyl groups is 8. The molecule has 9 N–H and O–H groups in total. The van der Waals surface area contributed by atoms with Crippen molar-refractivity contribution in [2.24, 2.45) is 46.3 Å². The van der Waals surface area contributed by atoms with Crippen LogP contribution in [0, 0.1) is 46.3 Å². The molecule has 65 heavy (non-hydrogen) atoms. The van der Waals surface area contributed by atoms with Crippen LogP contribution in [0.5, 0.6) is 0 Å². The van der Waals surface area contributed by atoms with Crippen LogP contribution in [0.25, 0.3) is 0 Å². The van der Waals surface area contributed by atoms with Gasteiger partial charge in [-0.25, -0.2) is 4.18 Å². The van der Waals surface area contributed by atoms with Gasteiger partial charge < -0.3 is 74.0 Å². The Hall–Kier alpha value is -0.990. The quantitative estimate of drug-likeness (QED) is 0.0816. The molecule has 3 saturated carbocycles. The first-order chi connectivity index (χ1) is 30.5. The van der Waals surface area contributed by atoms with E-state index in [0.29, 0.717) is 31.1 Å². The second-order valence-corrected chi connectivity index (χ2v) is 22.1. The van der Waals surface area contributed by atoms with Gasteiger partial charge in [0.25, 0.3) is 0 Å². The van der Waals surface area contributed by atoms with Crippen molar-refractivity contribution in [1.82, 2.24) is 0 Å². The molecule has 3 saturated heterocycles. The fourth-order valence-electron chi connectivity index (χ4n) is 13.1. The van der Waals surface area contributed by atoms with E-state index in [0.717, 1.165) is 32.1 Å². The van der Waals surface area contributed by atoms with E-state index >= 15 is 0 Å². The van der Waals surface area contributed by atoms with Crippen LogP contribution in [0.4, 0.5) is 0 Å². The third-order valence-electron chi connectivity index (χ3n) is 16.9. The maximum Gasteiger partial charge on any atom is 0.397 e. The SMILES string of the molecule is CO[C@@H]1[C@@H](O)[C@H](O[C@H]2[C@H](O[C@@H]3[C@@H](O)[C@H](O[C@H]4C[C@@H]5C(=CC[C@]6(C)[C@@H]([C@H](C)CC[C@H](O)C(C)C)CC[C@@H]56)[C@@]5(C)CC[C@H](OS(=O)(=O)O)C[C@H]45)O[C@H](CO)[C@H]3O)OC[C@@H](O)[C@@H]2O)O[C@H](C)[C@H]1O. The average Bonchev–Trinajstić information content (AvgIpc) is 3.61. The number of hydrogen-bond donors (Lipinski definition) is 9. The van der Waals surface area contributed by atoms with E-state index < -0.39 is 127 Å². The fraction of sp³-hybridized carbons (Fsp3) is 0.956. The highest BCUT2D eigenvalue weighted by atomic mass is 32.3. The normalized spacial score (nSPS) is 49.1. The van der Waals surface area contributed by atoms with Crippen molar-refractivity contribution in [2.45, 2.75) is 204 Å². The maximum absolute atomic E-state index is 12.1. The molecule has 0 radical (unpaired) electrons. The molecular weight excluding hydrogens is 877 g/mol. The average molecular weight is 953 g/mol. The molecule has 7 rings (SSSR count). The molecule has 0 bridgehead atoms. The molecule has 3 heterocycles. The molecule has 376 valence electrons. The first kappa shape index (κ1) is 51.8. The topological polar surface area (TPSA) is 290 Å². The van der Waals surface area contributed by atoms with Gasteiger partial charge in [0.2, 0.25) is 0 Å². The zero-order valence-corrected chi connectivity index (χ0v) is 39.5. The summed E-state index contributed by atoms with van der Waals surface area (Å²) in [6.07, 6.45) is -13.9. The van der Waals surface area contributed by atoms with Gasteiger partial charge in [-0.05, 0) is 111 Å². The predicted molar refractivity (Wildman–Crippen MR) is 228 cm³/mol. The monoisotopic (exact) mass is 952 g/mol. The molecule has 20 heteroatoms. The molecule has 24 atom stereocenters. The summed E-state index contributed by atoms with van der Waals surface area (Å²) in [5.41, 5.74) is 0.755. The van der Waals surface area contributed by atoms with Gasteiger partial charge in [-0.2, -0.15) is 8.42 Å².